The molecule has 2 N–H and O–H groups in total. The summed E-state index contributed by atoms with van der Waals surface area (Å²) in [6, 6.07) is 19.7. The molecule has 0 unspecified atom stereocenters. The van der Waals surface area contributed by atoms with Crippen LogP contribution in [0.2, 0.25) is 0 Å². The average Bonchev–Trinajstić information content (AvgIpc) is 2.86. The maximum absolute atomic E-state index is 11.8. The van der Waals surface area contributed by atoms with Crippen LogP contribution in [-0.4, -0.2) is 36.4 Å². The summed E-state index contributed by atoms with van der Waals surface area (Å²) in [5.74, 6) is -0.461. The number of hydrogen-bond donors (Lipinski definition) is 2. The van der Waals surface area contributed by atoms with Gasteiger partial charge in [-0.15, -0.1) is 0 Å². The van der Waals surface area contributed by atoms with Gasteiger partial charge in [-0.05, 0) is 47.2 Å². The highest BCUT2D eigenvalue weighted by Gasteiger charge is 2.60. The first-order valence-corrected chi connectivity index (χ1v) is 11.3. The topological polar surface area (TPSA) is 93.1 Å². The summed E-state index contributed by atoms with van der Waals surface area (Å²) in [7, 11) is 3.22. The van der Waals surface area contributed by atoms with Crippen molar-refractivity contribution in [1.29, 1.82) is 0 Å². The monoisotopic (exact) mass is 458 g/mol. The molecule has 0 spiro atoms. The molecule has 3 aromatic rings. The molecular weight excluding hydrogens is 432 g/mol. The Balaban J connectivity index is 2.00. The van der Waals surface area contributed by atoms with E-state index >= 15 is 0 Å². The number of hydrogen-bond acceptors (Lipinski definition) is 4. The predicted octanol–water partition coefficient (Wildman–Crippen LogP) is 4.73. The lowest BCUT2D eigenvalue weighted by Crippen LogP contribution is -2.51. The van der Waals surface area contributed by atoms with Gasteiger partial charge in [0.1, 0.15) is 11.5 Å². The molecular formula is C28H26O6. The minimum absolute atomic E-state index is 0.0371. The van der Waals surface area contributed by atoms with Crippen LogP contribution in [0.3, 0.4) is 0 Å². The van der Waals surface area contributed by atoms with E-state index in [2.05, 4.69) is 0 Å². The second kappa shape index (κ2) is 7.90. The number of carbonyl (C=O) groups is 2. The Morgan fingerprint density at radius 3 is 1.24 bits per heavy atom. The first-order valence-electron chi connectivity index (χ1n) is 11.3. The fourth-order valence-corrected chi connectivity index (χ4v) is 6.41. The predicted molar refractivity (Wildman–Crippen MR) is 126 cm³/mol. The highest BCUT2D eigenvalue weighted by Crippen LogP contribution is 2.67. The van der Waals surface area contributed by atoms with Crippen molar-refractivity contribution in [2.45, 2.75) is 36.5 Å². The number of methoxy groups -OCH3 is 2. The van der Waals surface area contributed by atoms with Crippen LogP contribution in [0.1, 0.15) is 59.1 Å². The molecule has 6 rings (SSSR count). The molecule has 3 aromatic carbocycles. The fourth-order valence-electron chi connectivity index (χ4n) is 6.41. The molecule has 3 aliphatic carbocycles. The molecule has 0 aromatic heterocycles. The van der Waals surface area contributed by atoms with Gasteiger partial charge in [0.05, 0.1) is 25.0 Å². The molecule has 0 saturated carbocycles. The van der Waals surface area contributed by atoms with Gasteiger partial charge in [-0.25, -0.2) is 0 Å². The van der Waals surface area contributed by atoms with Gasteiger partial charge in [0.2, 0.25) is 0 Å². The summed E-state index contributed by atoms with van der Waals surface area (Å²) in [5, 5.41) is 19.4. The minimum atomic E-state index is -0.874. The van der Waals surface area contributed by atoms with Crippen LogP contribution in [-0.2, 0) is 20.4 Å². The highest BCUT2D eigenvalue weighted by molar-refractivity contribution is 5.81. The van der Waals surface area contributed by atoms with Gasteiger partial charge in [-0.3, -0.25) is 9.59 Å². The number of benzene rings is 3. The van der Waals surface area contributed by atoms with Crippen molar-refractivity contribution >= 4 is 11.9 Å². The van der Waals surface area contributed by atoms with Crippen LogP contribution in [0, 0.1) is 0 Å². The lowest BCUT2D eigenvalue weighted by molar-refractivity contribution is -0.138. The smallest absolute Gasteiger partial charge is 0.303 e. The zero-order chi connectivity index (χ0) is 24.1. The third-order valence-corrected chi connectivity index (χ3v) is 7.54. The molecule has 6 heteroatoms. The van der Waals surface area contributed by atoms with Crippen molar-refractivity contribution in [3.05, 3.63) is 94.0 Å². The standard InChI is InChI=1S/C28H26O6/c1-33-21-11-12-22(34-2)26-25(21)27(15-13-23(29)30)17-7-3-5-9-19(17)28(26,16-14-24(31)32)20-10-6-4-8-18(20)27/h3-12H,13-16H2,1-2H3,(H,29,30)(H,31,32). The van der Waals surface area contributed by atoms with Crippen LogP contribution < -0.4 is 9.47 Å². The summed E-state index contributed by atoms with van der Waals surface area (Å²) in [6.07, 6.45) is 0.596. The van der Waals surface area contributed by atoms with Crippen LogP contribution in [0.5, 0.6) is 11.5 Å². The molecule has 0 fully saturated rings. The molecule has 2 bridgehead atoms. The van der Waals surface area contributed by atoms with Gasteiger partial charge in [0.15, 0.2) is 0 Å². The lowest BCUT2D eigenvalue weighted by atomic mass is 9.45. The Bertz CT molecular complexity index is 1160. The van der Waals surface area contributed by atoms with Crippen molar-refractivity contribution in [2.75, 3.05) is 14.2 Å². The number of aliphatic carboxylic acids is 2. The van der Waals surface area contributed by atoms with E-state index in [1.807, 2.05) is 60.7 Å². The van der Waals surface area contributed by atoms with Crippen LogP contribution in [0.4, 0.5) is 0 Å². The van der Waals surface area contributed by atoms with Gasteiger partial charge in [0, 0.05) is 24.0 Å². The molecule has 0 radical (unpaired) electrons. The second-order valence-electron chi connectivity index (χ2n) is 8.91. The van der Waals surface area contributed by atoms with E-state index in [0.29, 0.717) is 24.3 Å². The number of carboxylic acid groups (broad SMARTS) is 2. The van der Waals surface area contributed by atoms with E-state index in [9.17, 15) is 19.8 Å². The van der Waals surface area contributed by atoms with E-state index < -0.39 is 22.8 Å². The van der Waals surface area contributed by atoms with E-state index in [1.165, 1.54) is 0 Å². The van der Waals surface area contributed by atoms with Gasteiger partial charge >= 0.3 is 11.9 Å². The Hall–Kier alpha value is -3.80. The summed E-state index contributed by atoms with van der Waals surface area (Å²) in [6.45, 7) is 0. The lowest BCUT2D eigenvalue weighted by Gasteiger charge is -2.57. The van der Waals surface area contributed by atoms with Crippen molar-refractivity contribution in [3.8, 4) is 11.5 Å². The maximum Gasteiger partial charge on any atom is 0.303 e. The Morgan fingerprint density at radius 2 is 0.971 bits per heavy atom. The third kappa shape index (κ3) is 2.74. The summed E-state index contributed by atoms with van der Waals surface area (Å²) in [5.41, 5.74) is 4.20. The number of rotatable bonds is 8. The van der Waals surface area contributed by atoms with Crippen LogP contribution in [0.15, 0.2) is 60.7 Å². The average molecular weight is 459 g/mol. The first-order chi connectivity index (χ1) is 16.4. The Labute approximate surface area is 197 Å². The highest BCUT2D eigenvalue weighted by atomic mass is 16.5. The van der Waals surface area contributed by atoms with Gasteiger partial charge in [-0.1, -0.05) is 48.5 Å². The summed E-state index contributed by atoms with van der Waals surface area (Å²) >= 11 is 0. The molecule has 3 aliphatic rings. The fraction of sp³-hybridized carbons (Fsp3) is 0.286. The van der Waals surface area contributed by atoms with E-state index in [1.54, 1.807) is 14.2 Å². The zero-order valence-electron chi connectivity index (χ0n) is 19.1. The van der Waals surface area contributed by atoms with Crippen molar-refractivity contribution < 1.29 is 29.3 Å². The maximum atomic E-state index is 11.8. The van der Waals surface area contributed by atoms with E-state index in [-0.39, 0.29) is 12.8 Å². The first kappa shape index (κ1) is 22.0. The van der Waals surface area contributed by atoms with E-state index in [0.717, 1.165) is 33.4 Å². The van der Waals surface area contributed by atoms with Gasteiger partial charge < -0.3 is 19.7 Å². The van der Waals surface area contributed by atoms with Crippen molar-refractivity contribution in [1.82, 2.24) is 0 Å². The van der Waals surface area contributed by atoms with Gasteiger partial charge in [-0.2, -0.15) is 0 Å². The largest absolute Gasteiger partial charge is 0.496 e. The quantitative estimate of drug-likeness (QED) is 0.507. The number of carboxylic acids is 2. The van der Waals surface area contributed by atoms with E-state index in [4.69, 9.17) is 9.47 Å². The summed E-state index contributed by atoms with van der Waals surface area (Å²) in [4.78, 5) is 23.7. The Kier molecular flexibility index (Phi) is 5.12. The summed E-state index contributed by atoms with van der Waals surface area (Å²) < 4.78 is 11.8. The molecule has 0 atom stereocenters. The third-order valence-electron chi connectivity index (χ3n) is 7.54. The Morgan fingerprint density at radius 1 is 0.647 bits per heavy atom. The zero-order valence-corrected chi connectivity index (χ0v) is 19.1. The molecule has 174 valence electrons. The van der Waals surface area contributed by atoms with Gasteiger partial charge in [0.25, 0.3) is 0 Å². The second-order valence-corrected chi connectivity index (χ2v) is 8.91. The molecule has 0 saturated heterocycles. The molecule has 34 heavy (non-hydrogen) atoms. The normalized spacial score (nSPS) is 21.2. The van der Waals surface area contributed by atoms with Crippen molar-refractivity contribution in [2.24, 2.45) is 0 Å². The molecule has 0 aliphatic heterocycles. The SMILES string of the molecule is COc1ccc(OC)c2c1C1(CCC(=O)O)c3ccccc3C2(CCC(=O)O)c2ccccc21. The molecule has 0 heterocycles. The molecule has 0 amide bonds. The van der Waals surface area contributed by atoms with Crippen LogP contribution in [0.25, 0.3) is 0 Å². The minimum Gasteiger partial charge on any atom is -0.496 e. The molecule has 6 nitrogen and oxygen atoms in total. The van der Waals surface area contributed by atoms with Crippen molar-refractivity contribution in [3.63, 3.8) is 0 Å². The number of ether oxygens (including phenoxy) is 2. The van der Waals surface area contributed by atoms with Crippen LogP contribution >= 0.6 is 0 Å².